The molecule has 9 heteroatoms. The number of halogens is 1. The number of nitrogens with one attached hydrogen (secondary N) is 2. The summed E-state index contributed by atoms with van der Waals surface area (Å²) in [6, 6.07) is 6.97. The van der Waals surface area contributed by atoms with Crippen molar-refractivity contribution in [2.45, 2.75) is 37.6 Å². The Labute approximate surface area is 172 Å². The molecule has 148 valence electrons. The molecule has 0 radical (unpaired) electrons. The summed E-state index contributed by atoms with van der Waals surface area (Å²) in [6.07, 6.45) is 5.46. The first-order chi connectivity index (χ1) is 13.3. The molecule has 28 heavy (non-hydrogen) atoms. The van der Waals surface area contributed by atoms with Crippen LogP contribution in [0.5, 0.6) is 0 Å². The van der Waals surface area contributed by atoms with Crippen molar-refractivity contribution in [1.29, 1.82) is 0 Å². The van der Waals surface area contributed by atoms with Crippen molar-refractivity contribution in [3.8, 4) is 11.3 Å². The van der Waals surface area contributed by atoms with E-state index in [0.717, 1.165) is 36.3 Å². The van der Waals surface area contributed by atoms with E-state index in [-0.39, 0.29) is 10.9 Å². The number of hydrogen-bond donors (Lipinski definition) is 2. The van der Waals surface area contributed by atoms with Gasteiger partial charge >= 0.3 is 0 Å². The Hall–Kier alpha value is -1.97. The Morgan fingerprint density at radius 3 is 2.61 bits per heavy atom. The molecule has 0 unspecified atom stereocenters. The minimum Gasteiger partial charge on any atom is -0.367 e. The number of sulfonamides is 1. The number of aromatic nitrogens is 3. The van der Waals surface area contributed by atoms with Crippen LogP contribution >= 0.6 is 15.9 Å². The first-order valence-electron chi connectivity index (χ1n) is 9.24. The minimum absolute atomic E-state index is 0.0880. The molecule has 2 heterocycles. The second-order valence-electron chi connectivity index (χ2n) is 7.44. The average Bonchev–Trinajstić information content (AvgIpc) is 3.34. The highest BCUT2D eigenvalue weighted by atomic mass is 79.9. The molecule has 1 saturated carbocycles. The summed E-state index contributed by atoms with van der Waals surface area (Å²) >= 11 is 3.46. The van der Waals surface area contributed by atoms with E-state index in [0.29, 0.717) is 16.3 Å². The van der Waals surface area contributed by atoms with Gasteiger partial charge in [0.2, 0.25) is 10.0 Å². The van der Waals surface area contributed by atoms with Gasteiger partial charge in [0.25, 0.3) is 0 Å². The molecule has 2 N–H and O–H groups in total. The molecule has 0 spiro atoms. The predicted molar refractivity (Wildman–Crippen MR) is 113 cm³/mol. The second kappa shape index (κ2) is 7.46. The molecule has 3 aromatic rings. The zero-order valence-corrected chi connectivity index (χ0v) is 18.1. The predicted octanol–water partition coefficient (Wildman–Crippen LogP) is 3.67. The van der Waals surface area contributed by atoms with Crippen LogP contribution in [0.2, 0.25) is 0 Å². The molecule has 0 atom stereocenters. The molecule has 4 rings (SSSR count). The van der Waals surface area contributed by atoms with Gasteiger partial charge in [-0.15, -0.1) is 0 Å². The fourth-order valence-corrected chi connectivity index (χ4v) is 4.57. The van der Waals surface area contributed by atoms with Crippen LogP contribution in [0.15, 0.2) is 46.2 Å². The second-order valence-corrected chi connectivity index (χ2v) is 9.97. The molecule has 1 aliphatic rings. The van der Waals surface area contributed by atoms with Gasteiger partial charge in [0.1, 0.15) is 4.60 Å². The third kappa shape index (κ3) is 4.06. The molecule has 2 aromatic heterocycles. The van der Waals surface area contributed by atoms with Gasteiger partial charge < -0.3 is 5.32 Å². The molecular formula is C19H22BrN5O2S. The first kappa shape index (κ1) is 19.4. The number of imidazole rings is 1. The maximum Gasteiger partial charge on any atom is 0.240 e. The van der Waals surface area contributed by atoms with Gasteiger partial charge in [-0.2, -0.15) is 0 Å². The SMILES string of the molecule is CC(C)CNc1nc(Br)cn2c(-c3ccc(S(=O)(=O)NC4CC4)cc3)cnc12. The van der Waals surface area contributed by atoms with Crippen LogP contribution in [0.1, 0.15) is 26.7 Å². The molecule has 1 aromatic carbocycles. The van der Waals surface area contributed by atoms with Crippen molar-refractivity contribution in [3.63, 3.8) is 0 Å². The topological polar surface area (TPSA) is 88.4 Å². The lowest BCUT2D eigenvalue weighted by atomic mass is 10.2. The maximum absolute atomic E-state index is 12.4. The van der Waals surface area contributed by atoms with Crippen molar-refractivity contribution >= 4 is 37.4 Å². The highest BCUT2D eigenvalue weighted by molar-refractivity contribution is 9.10. The quantitative estimate of drug-likeness (QED) is 0.557. The summed E-state index contributed by atoms with van der Waals surface area (Å²) < 4.78 is 30.1. The van der Waals surface area contributed by atoms with Crippen LogP contribution in [-0.2, 0) is 10.0 Å². The minimum atomic E-state index is -3.45. The lowest BCUT2D eigenvalue weighted by Gasteiger charge is -2.11. The fourth-order valence-electron chi connectivity index (χ4n) is 2.89. The van der Waals surface area contributed by atoms with Crippen LogP contribution < -0.4 is 10.0 Å². The van der Waals surface area contributed by atoms with E-state index in [1.807, 2.05) is 10.6 Å². The highest BCUT2D eigenvalue weighted by Crippen LogP contribution is 2.27. The van der Waals surface area contributed by atoms with Crippen molar-refractivity contribution in [1.82, 2.24) is 19.1 Å². The Morgan fingerprint density at radius 2 is 1.96 bits per heavy atom. The van der Waals surface area contributed by atoms with Gasteiger partial charge in [0.15, 0.2) is 11.5 Å². The molecule has 1 aliphatic carbocycles. The van der Waals surface area contributed by atoms with Gasteiger partial charge in [0, 0.05) is 24.3 Å². The fraction of sp³-hybridized carbons (Fsp3) is 0.368. The molecule has 0 saturated heterocycles. The summed E-state index contributed by atoms with van der Waals surface area (Å²) in [6.45, 7) is 5.06. The summed E-state index contributed by atoms with van der Waals surface area (Å²) in [4.78, 5) is 9.29. The largest absolute Gasteiger partial charge is 0.367 e. The zero-order chi connectivity index (χ0) is 19.9. The summed E-state index contributed by atoms with van der Waals surface area (Å²) in [5.41, 5.74) is 2.47. The molecular weight excluding hydrogens is 442 g/mol. The molecule has 7 nitrogen and oxygen atoms in total. The van der Waals surface area contributed by atoms with E-state index in [1.54, 1.807) is 30.5 Å². The van der Waals surface area contributed by atoms with E-state index in [9.17, 15) is 8.42 Å². The van der Waals surface area contributed by atoms with Crippen LogP contribution in [0.25, 0.3) is 16.9 Å². The van der Waals surface area contributed by atoms with E-state index in [1.165, 1.54) is 0 Å². The highest BCUT2D eigenvalue weighted by Gasteiger charge is 2.27. The Morgan fingerprint density at radius 1 is 1.25 bits per heavy atom. The lowest BCUT2D eigenvalue weighted by Crippen LogP contribution is -2.25. The standard InChI is InChI=1S/C19H22BrN5O2S/c1-12(2)9-21-18-19-22-10-16(25(19)11-17(20)23-18)13-3-7-15(8-4-13)28(26,27)24-14-5-6-14/h3-4,7-8,10-12,14,24H,5-6,9H2,1-2H3,(H,21,23). The number of hydrogen-bond acceptors (Lipinski definition) is 5. The monoisotopic (exact) mass is 463 g/mol. The van der Waals surface area contributed by atoms with Crippen molar-refractivity contribution < 1.29 is 8.42 Å². The van der Waals surface area contributed by atoms with E-state index >= 15 is 0 Å². The normalized spacial score (nSPS) is 14.7. The molecule has 0 bridgehead atoms. The summed E-state index contributed by atoms with van der Waals surface area (Å²) in [5, 5.41) is 3.33. The zero-order valence-electron chi connectivity index (χ0n) is 15.7. The number of rotatable bonds is 7. The van der Waals surface area contributed by atoms with Crippen molar-refractivity contribution in [2.75, 3.05) is 11.9 Å². The smallest absolute Gasteiger partial charge is 0.240 e. The van der Waals surface area contributed by atoms with Crippen molar-refractivity contribution in [2.24, 2.45) is 5.92 Å². The number of fused-ring (bicyclic) bond motifs is 1. The maximum atomic E-state index is 12.4. The Bertz CT molecular complexity index is 1110. The van der Waals surface area contributed by atoms with Gasteiger partial charge in [-0.1, -0.05) is 26.0 Å². The van der Waals surface area contributed by atoms with E-state index in [4.69, 9.17) is 0 Å². The molecule has 0 aliphatic heterocycles. The van der Waals surface area contributed by atoms with E-state index < -0.39 is 10.0 Å². The first-order valence-corrected chi connectivity index (χ1v) is 11.5. The average molecular weight is 464 g/mol. The number of benzene rings is 1. The molecule has 1 fully saturated rings. The third-order valence-corrected chi connectivity index (χ3v) is 6.42. The summed E-state index contributed by atoms with van der Waals surface area (Å²) in [5.74, 6) is 1.19. The van der Waals surface area contributed by atoms with Crippen LogP contribution in [0.4, 0.5) is 5.82 Å². The van der Waals surface area contributed by atoms with Crippen LogP contribution in [0, 0.1) is 5.92 Å². The van der Waals surface area contributed by atoms with Crippen LogP contribution in [0.3, 0.4) is 0 Å². The summed E-state index contributed by atoms with van der Waals surface area (Å²) in [7, 11) is -3.45. The lowest BCUT2D eigenvalue weighted by molar-refractivity contribution is 0.581. The van der Waals surface area contributed by atoms with Gasteiger partial charge in [0.05, 0.1) is 16.8 Å². The Kier molecular flexibility index (Phi) is 5.15. The molecule has 0 amide bonds. The third-order valence-electron chi connectivity index (χ3n) is 4.50. The van der Waals surface area contributed by atoms with Gasteiger partial charge in [-0.3, -0.25) is 4.40 Å². The van der Waals surface area contributed by atoms with Crippen LogP contribution in [-0.4, -0.2) is 35.4 Å². The Balaban J connectivity index is 1.67. The van der Waals surface area contributed by atoms with Gasteiger partial charge in [-0.25, -0.2) is 23.1 Å². The van der Waals surface area contributed by atoms with Crippen molar-refractivity contribution in [3.05, 3.63) is 41.3 Å². The van der Waals surface area contributed by atoms with Gasteiger partial charge in [-0.05, 0) is 46.8 Å². The number of anilines is 1. The van der Waals surface area contributed by atoms with E-state index in [2.05, 4.69) is 49.8 Å². The number of nitrogens with zero attached hydrogens (tertiary/aromatic N) is 3.